The third kappa shape index (κ3) is 5.20. The number of ether oxygens (including phenoxy) is 1. The number of aliphatic hydroxyl groups is 1. The van der Waals surface area contributed by atoms with Gasteiger partial charge in [0.05, 0.1) is 6.42 Å². The summed E-state index contributed by atoms with van der Waals surface area (Å²) in [7, 11) is 0. The summed E-state index contributed by atoms with van der Waals surface area (Å²) in [6.07, 6.45) is -2.79. The average Bonchev–Trinajstić information content (AvgIpc) is 2.60. The number of carbonyl (C=O) groups is 4. The average molecular weight is 330 g/mol. The lowest BCUT2D eigenvalue weighted by Crippen LogP contribution is -2.49. The number of carbonyl (C=O) groups excluding carboxylic acids is 4. The molecule has 0 bridgehead atoms. The minimum absolute atomic E-state index is 0.221. The van der Waals surface area contributed by atoms with Crippen molar-refractivity contribution in [1.82, 2.24) is 10.4 Å². The Morgan fingerprint density at radius 1 is 1.30 bits per heavy atom. The number of aliphatic hydroxyl groups excluding tert-OH is 1. The van der Waals surface area contributed by atoms with Crippen molar-refractivity contribution in [1.29, 1.82) is 0 Å². The van der Waals surface area contributed by atoms with Gasteiger partial charge in [-0.05, 0) is 26.7 Å². The summed E-state index contributed by atoms with van der Waals surface area (Å²) in [5.74, 6) is -3.21. The predicted octanol–water partition coefficient (Wildman–Crippen LogP) is 0.114. The molecule has 1 rings (SSSR count). The number of amides is 3. The molecule has 1 saturated heterocycles. The van der Waals surface area contributed by atoms with E-state index in [2.05, 4.69) is 5.32 Å². The zero-order valence-corrected chi connectivity index (χ0v) is 13.8. The van der Waals surface area contributed by atoms with Crippen LogP contribution in [0.4, 0.5) is 4.79 Å². The van der Waals surface area contributed by atoms with Crippen molar-refractivity contribution >= 4 is 23.9 Å². The molecular weight excluding hydrogens is 308 g/mol. The van der Waals surface area contributed by atoms with Gasteiger partial charge in [0.25, 0.3) is 11.8 Å². The van der Waals surface area contributed by atoms with Crippen molar-refractivity contribution < 1.29 is 33.9 Å². The number of rotatable bonds is 4. The van der Waals surface area contributed by atoms with E-state index in [0.717, 1.165) is 0 Å². The van der Waals surface area contributed by atoms with E-state index >= 15 is 0 Å². The van der Waals surface area contributed by atoms with Crippen molar-refractivity contribution in [2.75, 3.05) is 0 Å². The van der Waals surface area contributed by atoms with Gasteiger partial charge in [0.15, 0.2) is 0 Å². The Kier molecular flexibility index (Phi) is 5.70. The molecule has 0 aliphatic carbocycles. The first-order valence-corrected chi connectivity index (χ1v) is 7.18. The summed E-state index contributed by atoms with van der Waals surface area (Å²) in [4.78, 5) is 51.6. The molecule has 3 amide bonds. The van der Waals surface area contributed by atoms with Crippen LogP contribution < -0.4 is 5.32 Å². The van der Waals surface area contributed by atoms with E-state index in [1.54, 1.807) is 34.6 Å². The molecule has 130 valence electrons. The Labute approximate surface area is 133 Å². The minimum Gasteiger partial charge on any atom is -0.444 e. The quantitative estimate of drug-likeness (QED) is 0.702. The molecule has 2 N–H and O–H groups in total. The van der Waals surface area contributed by atoms with E-state index in [1.165, 1.54) is 0 Å². The topological polar surface area (TPSA) is 122 Å². The van der Waals surface area contributed by atoms with Crippen LogP contribution in [-0.2, 0) is 24.0 Å². The van der Waals surface area contributed by atoms with Crippen LogP contribution in [0.1, 0.15) is 41.0 Å². The van der Waals surface area contributed by atoms with Crippen molar-refractivity contribution in [3.63, 3.8) is 0 Å². The van der Waals surface area contributed by atoms with Crippen molar-refractivity contribution in [2.24, 2.45) is 5.92 Å². The molecule has 0 aromatic rings. The van der Waals surface area contributed by atoms with Gasteiger partial charge in [-0.2, -0.15) is 0 Å². The van der Waals surface area contributed by atoms with Crippen LogP contribution in [-0.4, -0.2) is 51.8 Å². The maximum absolute atomic E-state index is 12.1. The van der Waals surface area contributed by atoms with Gasteiger partial charge in [0, 0.05) is 0 Å². The molecular formula is C14H22N2O7. The van der Waals surface area contributed by atoms with Crippen molar-refractivity contribution in [2.45, 2.75) is 58.8 Å². The van der Waals surface area contributed by atoms with Gasteiger partial charge in [-0.3, -0.25) is 9.59 Å². The Balaban J connectivity index is 2.74. The van der Waals surface area contributed by atoms with Gasteiger partial charge in [-0.25, -0.2) is 9.59 Å². The van der Waals surface area contributed by atoms with E-state index in [9.17, 15) is 24.3 Å². The minimum atomic E-state index is -1.52. The number of nitrogens with zero attached hydrogens (tertiary/aromatic N) is 1. The molecule has 1 aliphatic heterocycles. The number of alkyl carbamates (subject to hydrolysis) is 1. The van der Waals surface area contributed by atoms with Gasteiger partial charge in [0.2, 0.25) is 0 Å². The van der Waals surface area contributed by atoms with E-state index < -0.39 is 48.0 Å². The molecule has 9 nitrogen and oxygen atoms in total. The number of imide groups is 1. The highest BCUT2D eigenvalue weighted by molar-refractivity contribution is 6.04. The van der Waals surface area contributed by atoms with Crippen LogP contribution in [0.5, 0.6) is 0 Å². The number of nitrogens with one attached hydrogen (secondary N) is 1. The zero-order valence-electron chi connectivity index (χ0n) is 13.8. The maximum Gasteiger partial charge on any atom is 0.408 e. The Hall–Kier alpha value is -2.16. The van der Waals surface area contributed by atoms with E-state index in [4.69, 9.17) is 9.57 Å². The number of hydrogen-bond donors (Lipinski definition) is 2. The lowest BCUT2D eigenvalue weighted by molar-refractivity contribution is -0.201. The summed E-state index contributed by atoms with van der Waals surface area (Å²) in [6.45, 7) is 8.28. The fourth-order valence-electron chi connectivity index (χ4n) is 1.77. The van der Waals surface area contributed by atoms with Crippen LogP contribution >= 0.6 is 0 Å². The summed E-state index contributed by atoms with van der Waals surface area (Å²) in [5, 5.41) is 11.8. The van der Waals surface area contributed by atoms with E-state index in [0.29, 0.717) is 0 Å². The van der Waals surface area contributed by atoms with Crippen LogP contribution in [0.15, 0.2) is 0 Å². The first-order chi connectivity index (χ1) is 10.4. The molecule has 1 aliphatic rings. The Morgan fingerprint density at radius 2 is 1.87 bits per heavy atom. The monoisotopic (exact) mass is 330 g/mol. The van der Waals surface area contributed by atoms with Gasteiger partial charge in [-0.15, -0.1) is 0 Å². The molecule has 1 unspecified atom stereocenters. The molecule has 0 saturated carbocycles. The summed E-state index contributed by atoms with van der Waals surface area (Å²) >= 11 is 0. The van der Waals surface area contributed by atoms with Gasteiger partial charge < -0.3 is 20.0 Å². The second-order valence-corrected chi connectivity index (χ2v) is 6.52. The highest BCUT2D eigenvalue weighted by atomic mass is 16.7. The normalized spacial score (nSPS) is 19.8. The number of hydrogen-bond acceptors (Lipinski definition) is 7. The SMILES string of the molecule is CC(C)[C@H](NC(=O)OC(C)(C)C)C(=O)ON1C(=O)CC(O)C1=O. The van der Waals surface area contributed by atoms with Crippen molar-refractivity contribution in [3.05, 3.63) is 0 Å². The Bertz CT molecular complexity index is 510. The molecule has 0 spiro atoms. The lowest BCUT2D eigenvalue weighted by Gasteiger charge is -2.25. The molecule has 0 aromatic carbocycles. The largest absolute Gasteiger partial charge is 0.444 e. The maximum atomic E-state index is 12.1. The summed E-state index contributed by atoms with van der Waals surface area (Å²) < 4.78 is 5.05. The highest BCUT2D eigenvalue weighted by Crippen LogP contribution is 2.15. The Morgan fingerprint density at radius 3 is 2.26 bits per heavy atom. The van der Waals surface area contributed by atoms with E-state index in [-0.39, 0.29) is 11.0 Å². The fraction of sp³-hybridized carbons (Fsp3) is 0.714. The molecule has 9 heteroatoms. The molecule has 1 fully saturated rings. The first kappa shape index (κ1) is 18.9. The molecule has 2 atom stereocenters. The summed E-state index contributed by atoms with van der Waals surface area (Å²) in [6, 6.07) is -1.12. The standard InChI is InChI=1S/C14H22N2O7/c1-7(2)10(15-13(21)22-14(3,4)5)12(20)23-16-9(18)6-8(17)11(16)19/h7-8,10,17H,6H2,1-5H3,(H,15,21)/t8?,10-/m0/s1. The van der Waals surface area contributed by atoms with Crippen LogP contribution in [0, 0.1) is 5.92 Å². The van der Waals surface area contributed by atoms with Crippen molar-refractivity contribution in [3.8, 4) is 0 Å². The zero-order chi connectivity index (χ0) is 17.9. The van der Waals surface area contributed by atoms with Crippen LogP contribution in [0.2, 0.25) is 0 Å². The predicted molar refractivity (Wildman–Crippen MR) is 76.6 cm³/mol. The van der Waals surface area contributed by atoms with Gasteiger partial charge in [0.1, 0.15) is 17.7 Å². The summed E-state index contributed by atoms with van der Waals surface area (Å²) in [5.41, 5.74) is -0.749. The second kappa shape index (κ2) is 6.95. The number of hydroxylamine groups is 2. The molecule has 0 aromatic heterocycles. The van der Waals surface area contributed by atoms with Crippen LogP contribution in [0.3, 0.4) is 0 Å². The van der Waals surface area contributed by atoms with Gasteiger partial charge >= 0.3 is 12.1 Å². The lowest BCUT2D eigenvalue weighted by atomic mass is 10.1. The first-order valence-electron chi connectivity index (χ1n) is 7.18. The molecule has 0 radical (unpaired) electrons. The van der Waals surface area contributed by atoms with Crippen LogP contribution in [0.25, 0.3) is 0 Å². The van der Waals surface area contributed by atoms with Gasteiger partial charge in [-0.1, -0.05) is 18.9 Å². The third-order valence-corrected chi connectivity index (χ3v) is 2.85. The fourth-order valence-corrected chi connectivity index (χ4v) is 1.77. The highest BCUT2D eigenvalue weighted by Gasteiger charge is 2.42. The molecule has 23 heavy (non-hydrogen) atoms. The smallest absolute Gasteiger partial charge is 0.408 e. The third-order valence-electron chi connectivity index (χ3n) is 2.85. The van der Waals surface area contributed by atoms with E-state index in [1.807, 2.05) is 0 Å². The second-order valence-electron chi connectivity index (χ2n) is 6.52. The molecule has 1 heterocycles.